The van der Waals surface area contributed by atoms with Crippen molar-refractivity contribution in [2.45, 2.75) is 19.1 Å². The smallest absolute Gasteiger partial charge is 0.193 e. The fourth-order valence-corrected chi connectivity index (χ4v) is 3.67. The van der Waals surface area contributed by atoms with Crippen molar-refractivity contribution in [1.82, 2.24) is 15.2 Å². The van der Waals surface area contributed by atoms with Crippen LogP contribution in [-0.4, -0.2) is 60.1 Å². The molecule has 23 heavy (non-hydrogen) atoms. The first-order valence-corrected chi connectivity index (χ1v) is 8.85. The first kappa shape index (κ1) is 20.3. The summed E-state index contributed by atoms with van der Waals surface area (Å²) >= 11 is 2.07. The van der Waals surface area contributed by atoms with Crippen LogP contribution in [0, 0.1) is 5.92 Å². The third-order valence-corrected chi connectivity index (χ3v) is 5.18. The number of pyridine rings is 1. The molecule has 1 N–H and O–H groups in total. The number of halogens is 1. The second-order valence-corrected chi connectivity index (χ2v) is 6.96. The van der Waals surface area contributed by atoms with E-state index in [0.717, 1.165) is 37.1 Å². The van der Waals surface area contributed by atoms with Crippen LogP contribution in [0.15, 0.2) is 29.5 Å². The molecule has 0 aliphatic carbocycles. The average Bonchev–Trinajstić information content (AvgIpc) is 2.56. The van der Waals surface area contributed by atoms with Gasteiger partial charge >= 0.3 is 0 Å². The van der Waals surface area contributed by atoms with E-state index in [-0.39, 0.29) is 24.0 Å². The Morgan fingerprint density at radius 3 is 3.04 bits per heavy atom. The minimum absolute atomic E-state index is 0. The number of hydrogen-bond acceptors (Lipinski definition) is 4. The first-order valence-electron chi connectivity index (χ1n) is 7.80. The zero-order chi connectivity index (χ0) is 15.8. The summed E-state index contributed by atoms with van der Waals surface area (Å²) in [6.45, 7) is 8.03. The summed E-state index contributed by atoms with van der Waals surface area (Å²) in [6.07, 6.45) is 3.47. The molecule has 130 valence electrons. The molecule has 7 heteroatoms. The van der Waals surface area contributed by atoms with Crippen LogP contribution in [0.4, 0.5) is 0 Å². The summed E-state index contributed by atoms with van der Waals surface area (Å²) in [6, 6.07) is 3.79. The molecule has 1 atom stereocenters. The van der Waals surface area contributed by atoms with Gasteiger partial charge < -0.3 is 15.0 Å². The normalized spacial score (nSPS) is 18.5. The van der Waals surface area contributed by atoms with Gasteiger partial charge in [0.25, 0.3) is 0 Å². The van der Waals surface area contributed by atoms with E-state index in [1.807, 2.05) is 19.2 Å². The van der Waals surface area contributed by atoms with Crippen molar-refractivity contribution < 1.29 is 4.74 Å². The Hall–Kier alpha value is -0.700. The maximum Gasteiger partial charge on any atom is 0.193 e. The molecular weight excluding hydrogens is 423 g/mol. The number of hydrogen-bond donors (Lipinski definition) is 1. The van der Waals surface area contributed by atoms with Crippen molar-refractivity contribution >= 4 is 41.7 Å². The summed E-state index contributed by atoms with van der Waals surface area (Å²) in [4.78, 5) is 10.8. The fourth-order valence-electron chi connectivity index (χ4n) is 2.37. The number of rotatable bonds is 5. The van der Waals surface area contributed by atoms with E-state index >= 15 is 0 Å². The van der Waals surface area contributed by atoms with Crippen molar-refractivity contribution in [3.05, 3.63) is 24.5 Å². The number of nitrogens with zero attached hydrogens (tertiary/aromatic N) is 3. The van der Waals surface area contributed by atoms with Gasteiger partial charge in [0.05, 0.1) is 12.7 Å². The molecule has 5 nitrogen and oxygen atoms in total. The zero-order valence-corrected chi connectivity index (χ0v) is 17.2. The predicted octanol–water partition coefficient (Wildman–Crippen LogP) is 2.73. The van der Waals surface area contributed by atoms with Crippen LogP contribution in [0.1, 0.15) is 13.8 Å². The first-order chi connectivity index (χ1) is 10.7. The highest BCUT2D eigenvalue weighted by molar-refractivity contribution is 14.0. The van der Waals surface area contributed by atoms with E-state index in [1.165, 1.54) is 0 Å². The lowest BCUT2D eigenvalue weighted by molar-refractivity contribution is 0.315. The van der Waals surface area contributed by atoms with Gasteiger partial charge in [0.15, 0.2) is 5.96 Å². The quantitative estimate of drug-likeness (QED) is 0.324. The fraction of sp³-hybridized carbons (Fsp3) is 0.625. The standard InChI is InChI=1S/C16H26N4OS.HI/c1-13(2)15-12-20(8-10-22-15)16(17-3)19-7-9-21-14-5-4-6-18-11-14;/h4-6,11,13,15H,7-10,12H2,1-3H3,(H,17,19);1H. The van der Waals surface area contributed by atoms with Gasteiger partial charge in [0, 0.05) is 37.3 Å². The SMILES string of the molecule is CN=C(NCCOc1cccnc1)N1CCSC(C(C)C)C1.I. The van der Waals surface area contributed by atoms with Crippen molar-refractivity contribution in [2.24, 2.45) is 10.9 Å². The lowest BCUT2D eigenvalue weighted by atomic mass is 10.1. The number of aromatic nitrogens is 1. The van der Waals surface area contributed by atoms with Crippen LogP contribution >= 0.6 is 35.7 Å². The van der Waals surface area contributed by atoms with Crippen LogP contribution in [0.2, 0.25) is 0 Å². The van der Waals surface area contributed by atoms with E-state index in [4.69, 9.17) is 4.74 Å². The molecule has 2 rings (SSSR count). The lowest BCUT2D eigenvalue weighted by Gasteiger charge is -2.36. The lowest BCUT2D eigenvalue weighted by Crippen LogP contribution is -2.49. The summed E-state index contributed by atoms with van der Waals surface area (Å²) in [5, 5.41) is 4.07. The van der Waals surface area contributed by atoms with Crippen LogP contribution in [0.5, 0.6) is 5.75 Å². The Balaban J connectivity index is 0.00000264. The molecule has 1 aliphatic rings. The number of thioether (sulfide) groups is 1. The minimum atomic E-state index is 0. The molecule has 1 aromatic rings. The van der Waals surface area contributed by atoms with Crippen molar-refractivity contribution in [3.63, 3.8) is 0 Å². The Morgan fingerprint density at radius 2 is 2.39 bits per heavy atom. The molecule has 0 radical (unpaired) electrons. The Morgan fingerprint density at radius 1 is 1.57 bits per heavy atom. The van der Waals surface area contributed by atoms with E-state index < -0.39 is 0 Å². The molecule has 1 aliphatic heterocycles. The van der Waals surface area contributed by atoms with Crippen molar-refractivity contribution in [3.8, 4) is 5.75 Å². The highest BCUT2D eigenvalue weighted by Gasteiger charge is 2.24. The monoisotopic (exact) mass is 450 g/mol. The third kappa shape index (κ3) is 6.74. The largest absolute Gasteiger partial charge is 0.490 e. The second kappa shape index (κ2) is 11.0. The van der Waals surface area contributed by atoms with Gasteiger partial charge in [-0.25, -0.2) is 0 Å². The van der Waals surface area contributed by atoms with Gasteiger partial charge in [0.1, 0.15) is 12.4 Å². The van der Waals surface area contributed by atoms with Gasteiger partial charge in [-0.2, -0.15) is 11.8 Å². The van der Waals surface area contributed by atoms with Gasteiger partial charge in [-0.15, -0.1) is 24.0 Å². The van der Waals surface area contributed by atoms with Gasteiger partial charge in [-0.3, -0.25) is 9.98 Å². The highest BCUT2D eigenvalue weighted by Crippen LogP contribution is 2.24. The summed E-state index contributed by atoms with van der Waals surface area (Å²) < 4.78 is 5.64. The van der Waals surface area contributed by atoms with E-state index in [2.05, 4.69) is 45.8 Å². The number of nitrogens with one attached hydrogen (secondary N) is 1. The molecule has 0 spiro atoms. The van der Waals surface area contributed by atoms with Crippen LogP contribution < -0.4 is 10.1 Å². The van der Waals surface area contributed by atoms with Crippen LogP contribution in [0.25, 0.3) is 0 Å². The molecule has 1 unspecified atom stereocenters. The van der Waals surface area contributed by atoms with Crippen LogP contribution in [0.3, 0.4) is 0 Å². The Bertz CT molecular complexity index is 472. The zero-order valence-electron chi connectivity index (χ0n) is 14.1. The number of ether oxygens (including phenoxy) is 1. The average molecular weight is 450 g/mol. The van der Waals surface area contributed by atoms with Crippen molar-refractivity contribution in [2.75, 3.05) is 39.0 Å². The van der Waals surface area contributed by atoms with E-state index in [1.54, 1.807) is 12.4 Å². The maximum absolute atomic E-state index is 5.64. The summed E-state index contributed by atoms with van der Waals surface area (Å²) in [5.74, 6) is 3.63. The molecule has 0 amide bonds. The third-order valence-electron chi connectivity index (χ3n) is 3.64. The molecule has 2 heterocycles. The summed E-state index contributed by atoms with van der Waals surface area (Å²) in [7, 11) is 1.84. The van der Waals surface area contributed by atoms with E-state index in [9.17, 15) is 0 Å². The minimum Gasteiger partial charge on any atom is -0.490 e. The molecular formula is C16H27IN4OS. The molecule has 0 bridgehead atoms. The molecule has 1 fully saturated rings. The molecule has 1 aromatic heterocycles. The molecule has 0 saturated carbocycles. The second-order valence-electron chi connectivity index (χ2n) is 5.61. The Kier molecular flexibility index (Phi) is 9.69. The Labute approximate surface area is 160 Å². The topological polar surface area (TPSA) is 49.8 Å². The predicted molar refractivity (Wildman–Crippen MR) is 109 cm³/mol. The van der Waals surface area contributed by atoms with Crippen LogP contribution in [-0.2, 0) is 0 Å². The number of guanidine groups is 1. The summed E-state index contributed by atoms with van der Waals surface area (Å²) in [5.41, 5.74) is 0. The highest BCUT2D eigenvalue weighted by atomic mass is 127. The molecule has 1 saturated heterocycles. The number of aliphatic imine (C=N–C) groups is 1. The van der Waals surface area contributed by atoms with E-state index in [0.29, 0.717) is 17.8 Å². The van der Waals surface area contributed by atoms with Gasteiger partial charge in [-0.1, -0.05) is 13.8 Å². The molecule has 0 aromatic carbocycles. The van der Waals surface area contributed by atoms with Gasteiger partial charge in [-0.05, 0) is 18.1 Å². The maximum atomic E-state index is 5.64. The van der Waals surface area contributed by atoms with Gasteiger partial charge in [0.2, 0.25) is 0 Å². The van der Waals surface area contributed by atoms with Crippen molar-refractivity contribution in [1.29, 1.82) is 0 Å².